The van der Waals surface area contributed by atoms with Crippen LogP contribution in [0.25, 0.3) is 22.3 Å². The molecule has 0 amide bonds. The minimum absolute atomic E-state index is 0.0470. The van der Waals surface area contributed by atoms with Crippen molar-refractivity contribution in [2.75, 3.05) is 9.80 Å². The number of hydrogen-bond donors (Lipinski definition) is 0. The van der Waals surface area contributed by atoms with Gasteiger partial charge in [-0.2, -0.15) is 0 Å². The van der Waals surface area contributed by atoms with Gasteiger partial charge in [0.2, 0.25) is 0 Å². The van der Waals surface area contributed by atoms with Crippen LogP contribution in [0.4, 0.5) is 34.1 Å². The van der Waals surface area contributed by atoms with E-state index in [1.54, 1.807) is 0 Å². The molecule has 0 N–H and O–H groups in total. The van der Waals surface area contributed by atoms with Gasteiger partial charge in [0, 0.05) is 34.1 Å². The van der Waals surface area contributed by atoms with Gasteiger partial charge in [-0.15, -0.1) is 0 Å². The van der Waals surface area contributed by atoms with E-state index in [0.29, 0.717) is 11.8 Å². The molecule has 2 nitrogen and oxygen atoms in total. The van der Waals surface area contributed by atoms with E-state index in [4.69, 9.17) is 0 Å². The van der Waals surface area contributed by atoms with Gasteiger partial charge in [-0.1, -0.05) is 200 Å². The third-order valence-corrected chi connectivity index (χ3v) is 18.0. The summed E-state index contributed by atoms with van der Waals surface area (Å²) in [7, 11) is 0. The van der Waals surface area contributed by atoms with Crippen molar-refractivity contribution < 1.29 is 0 Å². The molecule has 2 fully saturated rings. The number of aryl methyl sites for hydroxylation is 2. The second kappa shape index (κ2) is 19.0. The lowest BCUT2D eigenvalue weighted by molar-refractivity contribution is 0.444. The second-order valence-corrected chi connectivity index (χ2v) is 27.7. The summed E-state index contributed by atoms with van der Waals surface area (Å²) in [6, 6.07) is 51.8. The maximum Gasteiger partial charge on any atom is 0.252 e. The number of anilines is 6. The molecule has 7 aromatic rings. The summed E-state index contributed by atoms with van der Waals surface area (Å²) in [5.41, 5.74) is 28.1. The Hall–Kier alpha value is -5.80. The summed E-state index contributed by atoms with van der Waals surface area (Å²) in [4.78, 5) is 5.50. The van der Waals surface area contributed by atoms with Crippen molar-refractivity contribution in [3.63, 3.8) is 0 Å². The third kappa shape index (κ3) is 9.63. The molecule has 0 radical (unpaired) electrons. The van der Waals surface area contributed by atoms with E-state index in [0.717, 1.165) is 0 Å². The SMILES string of the molecule is Cc1cc(-c2ccccc2)cc(C)c1-c1cc2c3c(c1)N(c1cc(C(C)(C)C)cc(C(C)(C)C)c1)c1cc(C4CCCCC4)ccc1B3c1ccc(C3CCCCC3)cc1N2c1cc(C(C)(C)C)cc(C(C)(C)C)c1. The molecule has 0 spiro atoms. The first kappa shape index (κ1) is 51.3. The number of benzene rings is 7. The normalized spacial score (nSPS) is 16.5. The average Bonchev–Trinajstić information content (AvgIpc) is 3.38. The highest BCUT2D eigenvalue weighted by Crippen LogP contribution is 2.51. The van der Waals surface area contributed by atoms with Crippen LogP contribution in [0.15, 0.2) is 127 Å². The van der Waals surface area contributed by atoms with Crippen molar-refractivity contribution in [1.82, 2.24) is 0 Å². The molecular formula is C72H85BN2. The highest BCUT2D eigenvalue weighted by atomic mass is 15.2. The Balaban J connectivity index is 1.28. The summed E-state index contributed by atoms with van der Waals surface area (Å²) < 4.78 is 0. The molecule has 2 aliphatic heterocycles. The quantitative estimate of drug-likeness (QED) is 0.153. The van der Waals surface area contributed by atoms with E-state index in [2.05, 4.69) is 234 Å². The van der Waals surface area contributed by atoms with Crippen LogP contribution in [0.2, 0.25) is 0 Å². The van der Waals surface area contributed by atoms with E-state index in [1.807, 2.05) is 0 Å². The van der Waals surface area contributed by atoms with Crippen LogP contribution in [0.1, 0.15) is 204 Å². The molecule has 11 rings (SSSR count). The van der Waals surface area contributed by atoms with Crippen LogP contribution in [0, 0.1) is 13.8 Å². The second-order valence-electron chi connectivity index (χ2n) is 27.7. The molecule has 2 heterocycles. The topological polar surface area (TPSA) is 6.48 Å². The van der Waals surface area contributed by atoms with Crippen molar-refractivity contribution in [3.05, 3.63) is 172 Å². The molecule has 0 unspecified atom stereocenters. The van der Waals surface area contributed by atoms with E-state index in [-0.39, 0.29) is 28.4 Å². The van der Waals surface area contributed by atoms with Gasteiger partial charge in [0.15, 0.2) is 0 Å². The first-order valence-electron chi connectivity index (χ1n) is 29.1. The van der Waals surface area contributed by atoms with Gasteiger partial charge < -0.3 is 9.80 Å². The smallest absolute Gasteiger partial charge is 0.252 e. The Morgan fingerprint density at radius 1 is 0.373 bits per heavy atom. The van der Waals surface area contributed by atoms with Crippen LogP contribution in [0.5, 0.6) is 0 Å². The monoisotopic (exact) mass is 989 g/mol. The van der Waals surface area contributed by atoms with E-state index in [9.17, 15) is 0 Å². The lowest BCUT2D eigenvalue weighted by atomic mass is 9.33. The van der Waals surface area contributed by atoms with E-state index in [1.165, 1.54) is 181 Å². The maximum absolute atomic E-state index is 2.75. The van der Waals surface area contributed by atoms with Crippen LogP contribution in [-0.2, 0) is 21.7 Å². The van der Waals surface area contributed by atoms with Gasteiger partial charge in [-0.3, -0.25) is 0 Å². The molecule has 0 saturated heterocycles. The molecule has 0 bridgehead atoms. The molecule has 0 atom stereocenters. The molecule has 2 saturated carbocycles. The molecule has 2 aliphatic carbocycles. The summed E-state index contributed by atoms with van der Waals surface area (Å²) in [5, 5.41) is 0. The van der Waals surface area contributed by atoms with Crippen LogP contribution < -0.4 is 26.2 Å². The largest absolute Gasteiger partial charge is 0.311 e. The van der Waals surface area contributed by atoms with Crippen molar-refractivity contribution in [2.45, 2.75) is 195 Å². The van der Waals surface area contributed by atoms with Crippen LogP contribution in [-0.4, -0.2) is 6.71 Å². The fourth-order valence-corrected chi connectivity index (χ4v) is 13.5. The average molecular weight is 989 g/mol. The molecule has 3 heteroatoms. The van der Waals surface area contributed by atoms with Crippen molar-refractivity contribution >= 4 is 57.2 Å². The van der Waals surface area contributed by atoms with E-state index >= 15 is 0 Å². The highest BCUT2D eigenvalue weighted by molar-refractivity contribution is 7.00. The first-order chi connectivity index (χ1) is 35.5. The lowest BCUT2D eigenvalue weighted by Gasteiger charge is -2.45. The van der Waals surface area contributed by atoms with Crippen molar-refractivity contribution in [2.24, 2.45) is 0 Å². The molecular weight excluding hydrogens is 904 g/mol. The fourth-order valence-electron chi connectivity index (χ4n) is 13.5. The van der Waals surface area contributed by atoms with Gasteiger partial charge in [0.25, 0.3) is 6.71 Å². The summed E-state index contributed by atoms with van der Waals surface area (Å²) in [5.74, 6) is 1.15. The van der Waals surface area contributed by atoms with Gasteiger partial charge in [-0.25, -0.2) is 0 Å². The zero-order valence-corrected chi connectivity index (χ0v) is 48.3. The van der Waals surface area contributed by atoms with Gasteiger partial charge >= 0.3 is 0 Å². The van der Waals surface area contributed by atoms with Crippen molar-refractivity contribution in [1.29, 1.82) is 0 Å². The number of fused-ring (bicyclic) bond motifs is 4. The molecule has 4 aliphatic rings. The zero-order valence-electron chi connectivity index (χ0n) is 48.3. The Bertz CT molecular complexity index is 3040. The Morgan fingerprint density at radius 2 is 0.760 bits per heavy atom. The molecule has 386 valence electrons. The summed E-state index contributed by atoms with van der Waals surface area (Å²) >= 11 is 0. The lowest BCUT2D eigenvalue weighted by Crippen LogP contribution is -2.61. The van der Waals surface area contributed by atoms with Gasteiger partial charge in [0.1, 0.15) is 0 Å². The predicted molar refractivity (Wildman–Crippen MR) is 327 cm³/mol. The van der Waals surface area contributed by atoms with Crippen molar-refractivity contribution in [3.8, 4) is 22.3 Å². The summed E-state index contributed by atoms with van der Waals surface area (Å²) in [6.07, 6.45) is 13.0. The molecule has 0 aromatic heterocycles. The minimum atomic E-state index is -0.0499. The molecule has 7 aromatic carbocycles. The number of nitrogens with zero attached hydrogens (tertiary/aromatic N) is 2. The highest BCUT2D eigenvalue weighted by Gasteiger charge is 2.45. The first-order valence-corrected chi connectivity index (χ1v) is 29.1. The number of rotatable bonds is 6. The van der Waals surface area contributed by atoms with Gasteiger partial charge in [-0.05, 0) is 205 Å². The van der Waals surface area contributed by atoms with Crippen LogP contribution in [0.3, 0.4) is 0 Å². The zero-order chi connectivity index (χ0) is 52.9. The number of hydrogen-bond acceptors (Lipinski definition) is 2. The van der Waals surface area contributed by atoms with E-state index < -0.39 is 0 Å². The standard InChI is InChI=1S/C72H85BN2/c1-46-34-53(50-28-22-17-23-29-50)35-47(2)67(46)54-38-65-68-66(39-54)75(60-44-57(71(9,10)11)41-58(45-60)72(12,13)14)64-37-52(49-26-20-16-21-27-49)31-33-62(64)73(68)61-32-30-51(48-24-18-15-19-25-48)36-63(61)74(65)59-42-55(69(3,4)5)40-56(43-59)70(6,7)8/h17,22-23,28-45,48-49H,15-16,18-21,24-27H2,1-14H3. The predicted octanol–water partition coefficient (Wildman–Crippen LogP) is 19.0. The summed E-state index contributed by atoms with van der Waals surface area (Å²) in [6.45, 7) is 33.4. The Kier molecular flexibility index (Phi) is 13.0. The Morgan fingerprint density at radius 3 is 1.13 bits per heavy atom. The van der Waals surface area contributed by atoms with Crippen LogP contribution >= 0.6 is 0 Å². The van der Waals surface area contributed by atoms with Gasteiger partial charge in [0.05, 0.1) is 0 Å². The Labute approximate surface area is 453 Å². The maximum atomic E-state index is 2.75. The molecule has 75 heavy (non-hydrogen) atoms. The fraction of sp³-hybridized carbons (Fsp3) is 0.417. The third-order valence-electron chi connectivity index (χ3n) is 18.0. The minimum Gasteiger partial charge on any atom is -0.311 e.